The van der Waals surface area contributed by atoms with Crippen LogP contribution < -0.4 is 10.5 Å². The summed E-state index contributed by atoms with van der Waals surface area (Å²) in [5.41, 5.74) is 6.86. The molecular weight excluding hydrogens is 288 g/mol. The molecule has 1 aliphatic heterocycles. The lowest BCUT2D eigenvalue weighted by molar-refractivity contribution is -0.132. The lowest BCUT2D eigenvalue weighted by Gasteiger charge is -2.17. The molecule has 2 N–H and O–H groups in total. The Bertz CT molecular complexity index is 465. The highest BCUT2D eigenvalue weighted by Crippen LogP contribution is 2.20. The van der Waals surface area contributed by atoms with Crippen LogP contribution in [0, 0.1) is 5.92 Å². The summed E-state index contributed by atoms with van der Waals surface area (Å²) in [5.74, 6) is 1.72. The van der Waals surface area contributed by atoms with Crippen LogP contribution in [0.15, 0.2) is 24.3 Å². The summed E-state index contributed by atoms with van der Waals surface area (Å²) in [5, 5.41) is 0. The molecule has 1 aliphatic rings. The Morgan fingerprint density at radius 2 is 2.24 bits per heavy atom. The molecule has 118 valence electrons. The number of hydrogen-bond acceptors (Lipinski definition) is 3. The number of likely N-dealkylation sites (tertiary alicyclic amines) is 1. The van der Waals surface area contributed by atoms with Crippen LogP contribution in [0.2, 0.25) is 0 Å². The van der Waals surface area contributed by atoms with Gasteiger partial charge < -0.3 is 15.4 Å². The van der Waals surface area contributed by atoms with Gasteiger partial charge in [-0.1, -0.05) is 26.0 Å². The van der Waals surface area contributed by atoms with Gasteiger partial charge in [0.2, 0.25) is 0 Å². The fraction of sp³-hybridized carbons (Fsp3) is 0.562. The third-order valence-corrected chi connectivity index (χ3v) is 3.86. The summed E-state index contributed by atoms with van der Waals surface area (Å²) in [6.45, 7) is 6.61. The van der Waals surface area contributed by atoms with E-state index in [-0.39, 0.29) is 24.9 Å². The van der Waals surface area contributed by atoms with Crippen LogP contribution in [0.4, 0.5) is 0 Å². The largest absolute Gasteiger partial charge is 0.484 e. The van der Waals surface area contributed by atoms with Crippen molar-refractivity contribution in [1.82, 2.24) is 4.90 Å². The maximum Gasteiger partial charge on any atom is 0.260 e. The molecule has 1 fully saturated rings. The highest BCUT2D eigenvalue weighted by atomic mass is 35.5. The van der Waals surface area contributed by atoms with Gasteiger partial charge in [-0.2, -0.15) is 0 Å². The van der Waals surface area contributed by atoms with Crippen LogP contribution in [0.3, 0.4) is 0 Å². The summed E-state index contributed by atoms with van der Waals surface area (Å²) >= 11 is 0. The summed E-state index contributed by atoms with van der Waals surface area (Å²) in [7, 11) is 0. The first-order valence-corrected chi connectivity index (χ1v) is 7.30. The standard InChI is InChI=1S/C16H24N2O2.ClH/c1-12(2)14-4-3-5-15(8-14)20-11-16(19)18-7-6-13(9-17)10-18;/h3-5,8,12-13H,6-7,9-11,17H2,1-2H3;1H. The molecule has 1 aromatic rings. The van der Waals surface area contributed by atoms with Gasteiger partial charge >= 0.3 is 0 Å². The van der Waals surface area contributed by atoms with Crippen molar-refractivity contribution in [3.63, 3.8) is 0 Å². The van der Waals surface area contributed by atoms with Crippen LogP contribution in [-0.2, 0) is 4.79 Å². The van der Waals surface area contributed by atoms with Gasteiger partial charge in [0, 0.05) is 13.1 Å². The molecule has 21 heavy (non-hydrogen) atoms. The summed E-state index contributed by atoms with van der Waals surface area (Å²) in [6.07, 6.45) is 1.01. The Kier molecular flexibility index (Phi) is 6.99. The zero-order chi connectivity index (χ0) is 14.5. The average Bonchev–Trinajstić information content (AvgIpc) is 2.94. The van der Waals surface area contributed by atoms with E-state index in [9.17, 15) is 4.79 Å². The van der Waals surface area contributed by atoms with E-state index in [0.29, 0.717) is 18.4 Å². The first-order valence-electron chi connectivity index (χ1n) is 7.30. The second-order valence-corrected chi connectivity index (χ2v) is 5.75. The summed E-state index contributed by atoms with van der Waals surface area (Å²) in [4.78, 5) is 13.9. The molecule has 1 unspecified atom stereocenters. The SMILES string of the molecule is CC(C)c1cccc(OCC(=O)N2CCC(CN)C2)c1.Cl. The normalized spacial score (nSPS) is 17.7. The van der Waals surface area contributed by atoms with Gasteiger partial charge in [-0.05, 0) is 42.5 Å². The van der Waals surface area contributed by atoms with E-state index in [1.807, 2.05) is 23.1 Å². The quantitative estimate of drug-likeness (QED) is 0.908. The van der Waals surface area contributed by atoms with Crippen molar-refractivity contribution in [3.8, 4) is 5.75 Å². The van der Waals surface area contributed by atoms with E-state index in [4.69, 9.17) is 10.5 Å². The molecule has 1 saturated heterocycles. The fourth-order valence-electron chi connectivity index (χ4n) is 2.45. The monoisotopic (exact) mass is 312 g/mol. The molecule has 2 rings (SSSR count). The molecule has 5 heteroatoms. The molecule has 1 amide bonds. The zero-order valence-corrected chi connectivity index (χ0v) is 13.6. The second kappa shape index (κ2) is 8.25. The molecule has 0 radical (unpaired) electrons. The van der Waals surface area contributed by atoms with E-state index in [2.05, 4.69) is 19.9 Å². The van der Waals surface area contributed by atoms with E-state index in [1.165, 1.54) is 5.56 Å². The number of amides is 1. The minimum Gasteiger partial charge on any atom is -0.484 e. The van der Waals surface area contributed by atoms with Crippen LogP contribution in [0.5, 0.6) is 5.75 Å². The lowest BCUT2D eigenvalue weighted by atomic mass is 10.0. The minimum atomic E-state index is 0. The number of carbonyl (C=O) groups is 1. The first kappa shape index (κ1) is 17.8. The van der Waals surface area contributed by atoms with Gasteiger partial charge in [0.1, 0.15) is 5.75 Å². The van der Waals surface area contributed by atoms with E-state index in [0.717, 1.165) is 25.3 Å². The molecule has 0 aliphatic carbocycles. The molecule has 0 spiro atoms. The van der Waals surface area contributed by atoms with Crippen LogP contribution in [0.25, 0.3) is 0 Å². The molecule has 0 bridgehead atoms. The molecule has 4 nitrogen and oxygen atoms in total. The molecule has 1 atom stereocenters. The number of rotatable bonds is 5. The first-order chi connectivity index (χ1) is 9.60. The lowest BCUT2D eigenvalue weighted by Crippen LogP contribution is -2.33. The average molecular weight is 313 g/mol. The van der Waals surface area contributed by atoms with Crippen molar-refractivity contribution in [2.75, 3.05) is 26.2 Å². The third-order valence-electron chi connectivity index (χ3n) is 3.86. The maximum atomic E-state index is 12.1. The third kappa shape index (κ3) is 4.90. The van der Waals surface area contributed by atoms with Gasteiger partial charge in [0.15, 0.2) is 6.61 Å². The number of halogens is 1. The van der Waals surface area contributed by atoms with Crippen LogP contribution in [0.1, 0.15) is 31.7 Å². The van der Waals surface area contributed by atoms with Gasteiger partial charge in [-0.15, -0.1) is 12.4 Å². The molecule has 1 heterocycles. The van der Waals surface area contributed by atoms with E-state index < -0.39 is 0 Å². The number of hydrogen-bond donors (Lipinski definition) is 1. The van der Waals surface area contributed by atoms with Crippen molar-refractivity contribution < 1.29 is 9.53 Å². The topological polar surface area (TPSA) is 55.6 Å². The highest BCUT2D eigenvalue weighted by Gasteiger charge is 2.25. The van der Waals surface area contributed by atoms with Crippen molar-refractivity contribution in [2.45, 2.75) is 26.2 Å². The fourth-order valence-corrected chi connectivity index (χ4v) is 2.45. The summed E-state index contributed by atoms with van der Waals surface area (Å²) < 4.78 is 5.62. The van der Waals surface area contributed by atoms with Crippen molar-refractivity contribution in [1.29, 1.82) is 0 Å². The Balaban J connectivity index is 0.00000220. The number of nitrogens with zero attached hydrogens (tertiary/aromatic N) is 1. The highest BCUT2D eigenvalue weighted by molar-refractivity contribution is 5.85. The van der Waals surface area contributed by atoms with Gasteiger partial charge in [0.05, 0.1) is 0 Å². The molecule has 1 aromatic carbocycles. The van der Waals surface area contributed by atoms with Crippen molar-refractivity contribution in [3.05, 3.63) is 29.8 Å². The second-order valence-electron chi connectivity index (χ2n) is 5.75. The molecule has 0 aromatic heterocycles. The Morgan fingerprint density at radius 1 is 1.48 bits per heavy atom. The Hall–Kier alpha value is -1.26. The summed E-state index contributed by atoms with van der Waals surface area (Å²) in [6, 6.07) is 7.94. The van der Waals surface area contributed by atoms with Gasteiger partial charge in [-0.25, -0.2) is 0 Å². The molecule has 0 saturated carbocycles. The molecular formula is C16H25ClN2O2. The Labute approximate surface area is 133 Å². The predicted molar refractivity (Wildman–Crippen MR) is 87.0 cm³/mol. The van der Waals surface area contributed by atoms with Crippen LogP contribution >= 0.6 is 12.4 Å². The predicted octanol–water partition coefficient (Wildman–Crippen LogP) is 2.42. The number of ether oxygens (including phenoxy) is 1. The number of nitrogens with two attached hydrogens (primary N) is 1. The van der Waals surface area contributed by atoms with Crippen molar-refractivity contribution in [2.24, 2.45) is 11.7 Å². The number of carbonyl (C=O) groups excluding carboxylic acids is 1. The van der Waals surface area contributed by atoms with Gasteiger partial charge in [0.25, 0.3) is 5.91 Å². The zero-order valence-electron chi connectivity index (χ0n) is 12.7. The van der Waals surface area contributed by atoms with Crippen molar-refractivity contribution >= 4 is 18.3 Å². The van der Waals surface area contributed by atoms with Gasteiger partial charge in [-0.3, -0.25) is 4.79 Å². The Morgan fingerprint density at radius 3 is 2.86 bits per heavy atom. The smallest absolute Gasteiger partial charge is 0.260 e. The maximum absolute atomic E-state index is 12.1. The number of benzene rings is 1. The van der Waals surface area contributed by atoms with E-state index >= 15 is 0 Å². The minimum absolute atomic E-state index is 0. The van der Waals surface area contributed by atoms with Crippen LogP contribution in [-0.4, -0.2) is 37.0 Å². The van der Waals surface area contributed by atoms with E-state index in [1.54, 1.807) is 0 Å².